The van der Waals surface area contributed by atoms with Gasteiger partial charge in [0, 0.05) is 0 Å². The highest BCUT2D eigenvalue weighted by molar-refractivity contribution is 5.73. The third-order valence-corrected chi connectivity index (χ3v) is 2.66. The molecule has 0 bridgehead atoms. The third kappa shape index (κ3) is 6.16. The lowest BCUT2D eigenvalue weighted by Gasteiger charge is -2.19. The first-order chi connectivity index (χ1) is 9.82. The van der Waals surface area contributed by atoms with Crippen molar-refractivity contribution >= 4 is 12.2 Å². The number of hydrogen-bond acceptors (Lipinski definition) is 4. The van der Waals surface area contributed by atoms with E-state index >= 15 is 0 Å². The molecule has 0 aromatic heterocycles. The number of rotatable bonds is 3. The topological polar surface area (TPSA) is 77.3 Å². The molecular weight excluding hydrogens is 272 g/mol. The van der Waals surface area contributed by atoms with E-state index in [1.54, 1.807) is 6.92 Å². The van der Waals surface area contributed by atoms with Gasteiger partial charge >= 0.3 is 12.2 Å². The third-order valence-electron chi connectivity index (χ3n) is 2.66. The Bertz CT molecular complexity index is 515. The minimum absolute atomic E-state index is 0.0725. The van der Waals surface area contributed by atoms with Crippen LogP contribution in [0, 0.1) is 0 Å². The molecule has 0 N–H and O–H groups in total. The highest BCUT2D eigenvalue weighted by Gasteiger charge is 2.13. The Kier molecular flexibility index (Phi) is 6.02. The van der Waals surface area contributed by atoms with E-state index < -0.39 is 12.2 Å². The van der Waals surface area contributed by atoms with E-state index in [-0.39, 0.29) is 18.6 Å². The molecule has 0 unspecified atom stereocenters. The quantitative estimate of drug-likeness (QED) is 0.781. The van der Waals surface area contributed by atoms with Crippen LogP contribution < -0.4 is 0 Å². The van der Waals surface area contributed by atoms with Crippen molar-refractivity contribution in [2.45, 2.75) is 39.7 Å². The highest BCUT2D eigenvalue weighted by Crippen LogP contribution is 2.22. The van der Waals surface area contributed by atoms with E-state index in [4.69, 9.17) is 4.74 Å². The van der Waals surface area contributed by atoms with Crippen LogP contribution in [-0.4, -0.2) is 18.8 Å². The molecule has 6 nitrogen and oxygen atoms in total. The van der Waals surface area contributed by atoms with Crippen LogP contribution in [0.3, 0.4) is 0 Å². The fourth-order valence-corrected chi connectivity index (χ4v) is 1.51. The number of carbonyl (C=O) groups is 2. The Morgan fingerprint density at radius 2 is 1.52 bits per heavy atom. The minimum Gasteiger partial charge on any atom is -0.447 e. The van der Waals surface area contributed by atoms with Gasteiger partial charge in [0.1, 0.15) is 6.61 Å². The maximum absolute atomic E-state index is 11.3. The van der Waals surface area contributed by atoms with Crippen molar-refractivity contribution < 1.29 is 19.1 Å². The Labute approximate surface area is 124 Å². The van der Waals surface area contributed by atoms with Crippen molar-refractivity contribution in [2.24, 2.45) is 10.2 Å². The Morgan fingerprint density at radius 3 is 2.00 bits per heavy atom. The molecule has 0 aliphatic heterocycles. The minimum atomic E-state index is -0.928. The number of azo groups is 1. The number of carbonyl (C=O) groups excluding carboxylic acids is 2. The molecule has 6 heteroatoms. The summed E-state index contributed by atoms with van der Waals surface area (Å²) in [6.45, 7) is 8.25. The summed E-state index contributed by atoms with van der Waals surface area (Å²) < 4.78 is 9.37. The maximum Gasteiger partial charge on any atom is 0.452 e. The molecule has 0 fully saturated rings. The Hall–Kier alpha value is -2.24. The standard InChI is InChI=1S/C15H20N2O4/c1-5-20-13(18)16-17-14(19)21-10-11-6-8-12(9-7-11)15(2,3)4/h6-9H,5,10H2,1-4H3/b17-16+. The van der Waals surface area contributed by atoms with Crippen molar-refractivity contribution in [3.8, 4) is 0 Å². The molecular formula is C15H20N2O4. The summed E-state index contributed by atoms with van der Waals surface area (Å²) in [6.07, 6.45) is -1.84. The summed E-state index contributed by atoms with van der Waals surface area (Å²) in [4.78, 5) is 22.1. The van der Waals surface area contributed by atoms with Crippen LogP contribution in [0.1, 0.15) is 38.8 Å². The summed E-state index contributed by atoms with van der Waals surface area (Å²) in [5, 5.41) is 6.17. The van der Waals surface area contributed by atoms with Gasteiger partial charge in [0.25, 0.3) is 0 Å². The van der Waals surface area contributed by atoms with E-state index in [0.717, 1.165) is 5.56 Å². The lowest BCUT2D eigenvalue weighted by atomic mass is 9.87. The molecule has 0 saturated carbocycles. The van der Waals surface area contributed by atoms with Crippen molar-refractivity contribution in [3.05, 3.63) is 35.4 Å². The zero-order chi connectivity index (χ0) is 15.9. The van der Waals surface area contributed by atoms with Crippen molar-refractivity contribution in [3.63, 3.8) is 0 Å². The molecule has 1 aromatic carbocycles. The van der Waals surface area contributed by atoms with Crippen LogP contribution in [0.5, 0.6) is 0 Å². The summed E-state index contributed by atoms with van der Waals surface area (Å²) in [5.41, 5.74) is 2.10. The number of hydrogen-bond donors (Lipinski definition) is 0. The molecule has 0 aliphatic carbocycles. The zero-order valence-electron chi connectivity index (χ0n) is 12.8. The normalized spacial score (nSPS) is 11.4. The second-order valence-electron chi connectivity index (χ2n) is 5.40. The van der Waals surface area contributed by atoms with Gasteiger partial charge < -0.3 is 9.47 Å². The average Bonchev–Trinajstić information content (AvgIpc) is 2.43. The van der Waals surface area contributed by atoms with E-state index in [9.17, 15) is 9.59 Å². The first-order valence-corrected chi connectivity index (χ1v) is 6.67. The molecule has 1 rings (SSSR count). The van der Waals surface area contributed by atoms with Gasteiger partial charge in [-0.3, -0.25) is 0 Å². The van der Waals surface area contributed by atoms with E-state index in [1.807, 2.05) is 24.3 Å². The van der Waals surface area contributed by atoms with Crippen LogP contribution in [0.25, 0.3) is 0 Å². The van der Waals surface area contributed by atoms with E-state index in [2.05, 4.69) is 35.7 Å². The summed E-state index contributed by atoms with van der Waals surface area (Å²) in [5.74, 6) is 0. The zero-order valence-corrected chi connectivity index (χ0v) is 12.8. The van der Waals surface area contributed by atoms with Crippen LogP contribution in [0.15, 0.2) is 34.5 Å². The monoisotopic (exact) mass is 292 g/mol. The number of amides is 2. The first kappa shape index (κ1) is 16.8. The molecule has 1 aromatic rings. The molecule has 2 amide bonds. The fraction of sp³-hybridized carbons (Fsp3) is 0.467. The molecule has 21 heavy (non-hydrogen) atoms. The molecule has 0 saturated heterocycles. The van der Waals surface area contributed by atoms with Crippen LogP contribution in [-0.2, 0) is 21.5 Å². The number of benzene rings is 1. The molecule has 0 spiro atoms. The highest BCUT2D eigenvalue weighted by atomic mass is 16.6. The van der Waals surface area contributed by atoms with Gasteiger partial charge in [-0.25, -0.2) is 9.59 Å². The second kappa shape index (κ2) is 7.52. The predicted molar refractivity (Wildman–Crippen MR) is 77.2 cm³/mol. The smallest absolute Gasteiger partial charge is 0.447 e. The van der Waals surface area contributed by atoms with Gasteiger partial charge in [0.15, 0.2) is 0 Å². The summed E-state index contributed by atoms with van der Waals surface area (Å²) in [6, 6.07) is 7.75. The second-order valence-corrected chi connectivity index (χ2v) is 5.40. The molecule has 114 valence electrons. The largest absolute Gasteiger partial charge is 0.452 e. The van der Waals surface area contributed by atoms with Crippen molar-refractivity contribution in [1.29, 1.82) is 0 Å². The van der Waals surface area contributed by atoms with Gasteiger partial charge in [-0.15, -0.1) is 0 Å². The Balaban J connectivity index is 2.48. The van der Waals surface area contributed by atoms with Gasteiger partial charge in [-0.2, -0.15) is 0 Å². The first-order valence-electron chi connectivity index (χ1n) is 6.67. The SMILES string of the molecule is CCOC(=O)/N=N/C(=O)OCc1ccc(C(C)(C)C)cc1. The van der Waals surface area contributed by atoms with Crippen molar-refractivity contribution in [1.82, 2.24) is 0 Å². The van der Waals surface area contributed by atoms with Crippen LogP contribution in [0.2, 0.25) is 0 Å². The fourth-order valence-electron chi connectivity index (χ4n) is 1.51. The number of ether oxygens (including phenoxy) is 2. The molecule has 0 atom stereocenters. The van der Waals surface area contributed by atoms with E-state index in [1.165, 1.54) is 5.56 Å². The molecule has 0 aliphatic rings. The maximum atomic E-state index is 11.3. The van der Waals surface area contributed by atoms with Crippen molar-refractivity contribution in [2.75, 3.05) is 6.61 Å². The van der Waals surface area contributed by atoms with Crippen LogP contribution >= 0.6 is 0 Å². The van der Waals surface area contributed by atoms with Gasteiger partial charge in [0.2, 0.25) is 0 Å². The Morgan fingerprint density at radius 1 is 1.00 bits per heavy atom. The van der Waals surface area contributed by atoms with Crippen LogP contribution in [0.4, 0.5) is 9.59 Å². The number of nitrogens with zero attached hydrogens (tertiary/aromatic N) is 2. The summed E-state index contributed by atoms with van der Waals surface area (Å²) in [7, 11) is 0. The lowest BCUT2D eigenvalue weighted by Crippen LogP contribution is -2.10. The lowest BCUT2D eigenvalue weighted by molar-refractivity contribution is 0.144. The molecule has 0 heterocycles. The van der Waals surface area contributed by atoms with Gasteiger partial charge in [-0.05, 0) is 23.5 Å². The average molecular weight is 292 g/mol. The van der Waals surface area contributed by atoms with E-state index in [0.29, 0.717) is 0 Å². The van der Waals surface area contributed by atoms with Gasteiger partial charge in [0.05, 0.1) is 6.61 Å². The van der Waals surface area contributed by atoms with Gasteiger partial charge in [-0.1, -0.05) is 55.3 Å². The predicted octanol–water partition coefficient (Wildman–Crippen LogP) is 4.23. The molecule has 0 radical (unpaired) electrons. The summed E-state index contributed by atoms with van der Waals surface area (Å²) >= 11 is 0.